The van der Waals surface area contributed by atoms with Gasteiger partial charge in [0.25, 0.3) is 0 Å². The van der Waals surface area contributed by atoms with E-state index in [-0.39, 0.29) is 17.9 Å². The molecule has 2 heterocycles. The molecule has 1 unspecified atom stereocenters. The third-order valence-corrected chi connectivity index (χ3v) is 5.30. The molecule has 0 aromatic carbocycles. The Morgan fingerprint density at radius 2 is 2.09 bits per heavy atom. The Balaban J connectivity index is 1.69. The minimum absolute atomic E-state index is 0.0122. The van der Waals surface area contributed by atoms with E-state index in [1.165, 1.54) is 25.7 Å². The van der Waals surface area contributed by atoms with Crippen molar-refractivity contribution in [3.05, 3.63) is 24.2 Å². The van der Waals surface area contributed by atoms with Crippen molar-refractivity contribution < 1.29 is 14.0 Å². The van der Waals surface area contributed by atoms with E-state index in [4.69, 9.17) is 4.42 Å². The number of carbonyl (C=O) groups excluding carboxylic acids is 2. The first-order valence-corrected chi connectivity index (χ1v) is 8.73. The quantitative estimate of drug-likeness (QED) is 0.868. The lowest BCUT2D eigenvalue weighted by Gasteiger charge is -2.34. The highest BCUT2D eigenvalue weighted by molar-refractivity contribution is 5.94. The Kier molecular flexibility index (Phi) is 4.74. The van der Waals surface area contributed by atoms with Crippen molar-refractivity contribution in [1.82, 2.24) is 10.2 Å². The van der Waals surface area contributed by atoms with Gasteiger partial charge < -0.3 is 14.6 Å². The summed E-state index contributed by atoms with van der Waals surface area (Å²) >= 11 is 0. The maximum absolute atomic E-state index is 12.9. The Hall–Kier alpha value is -1.78. The Bertz CT molecular complexity index is 547. The lowest BCUT2D eigenvalue weighted by molar-refractivity contribution is -0.142. The van der Waals surface area contributed by atoms with Crippen LogP contribution in [-0.4, -0.2) is 28.3 Å². The van der Waals surface area contributed by atoms with E-state index in [0.717, 1.165) is 12.8 Å². The van der Waals surface area contributed by atoms with E-state index in [1.54, 1.807) is 17.2 Å². The van der Waals surface area contributed by atoms with Crippen LogP contribution in [0.4, 0.5) is 0 Å². The van der Waals surface area contributed by atoms with Gasteiger partial charge in [-0.15, -0.1) is 0 Å². The fraction of sp³-hybridized carbons (Fsp3) is 0.667. The third-order valence-electron chi connectivity index (χ3n) is 5.30. The van der Waals surface area contributed by atoms with Gasteiger partial charge in [0.05, 0.1) is 12.8 Å². The summed E-state index contributed by atoms with van der Waals surface area (Å²) in [6.45, 7) is 2.24. The number of likely N-dealkylation sites (tertiary alicyclic amines) is 1. The molecule has 1 aromatic heterocycles. The van der Waals surface area contributed by atoms with Gasteiger partial charge in [-0.25, -0.2) is 0 Å². The van der Waals surface area contributed by atoms with Gasteiger partial charge in [-0.3, -0.25) is 9.59 Å². The number of carbonyl (C=O) groups is 2. The van der Waals surface area contributed by atoms with Crippen LogP contribution in [0.5, 0.6) is 0 Å². The summed E-state index contributed by atoms with van der Waals surface area (Å²) in [6.07, 6.45) is 9.56. The van der Waals surface area contributed by atoms with Crippen LogP contribution < -0.4 is 5.32 Å². The molecule has 0 bridgehead atoms. The van der Waals surface area contributed by atoms with Crippen molar-refractivity contribution in [1.29, 1.82) is 0 Å². The molecule has 0 radical (unpaired) electrons. The van der Waals surface area contributed by atoms with Gasteiger partial charge in [0, 0.05) is 12.5 Å². The minimum Gasteiger partial charge on any atom is -0.467 e. The summed E-state index contributed by atoms with van der Waals surface area (Å²) < 4.78 is 5.36. The molecule has 5 heteroatoms. The van der Waals surface area contributed by atoms with E-state index < -0.39 is 5.54 Å². The van der Waals surface area contributed by atoms with Gasteiger partial charge in [0.2, 0.25) is 11.8 Å². The van der Waals surface area contributed by atoms with Crippen LogP contribution in [-0.2, 0) is 16.1 Å². The van der Waals surface area contributed by atoms with Crippen molar-refractivity contribution >= 4 is 11.8 Å². The summed E-state index contributed by atoms with van der Waals surface area (Å²) in [5, 5.41) is 3.21. The third kappa shape index (κ3) is 3.43. The van der Waals surface area contributed by atoms with E-state index in [2.05, 4.69) is 5.32 Å². The normalized spacial score (nSPS) is 26.3. The van der Waals surface area contributed by atoms with Gasteiger partial charge in [0.15, 0.2) is 0 Å². The number of nitrogens with zero attached hydrogens (tertiary/aromatic N) is 1. The Labute approximate surface area is 137 Å². The summed E-state index contributed by atoms with van der Waals surface area (Å²) in [4.78, 5) is 26.8. The molecule has 1 aliphatic heterocycles. The van der Waals surface area contributed by atoms with E-state index in [0.29, 0.717) is 25.1 Å². The molecule has 1 N–H and O–H groups in total. The number of hydrogen-bond acceptors (Lipinski definition) is 3. The molecule has 1 aliphatic carbocycles. The summed E-state index contributed by atoms with van der Waals surface area (Å²) in [5.74, 6) is 0.732. The lowest BCUT2D eigenvalue weighted by atomic mass is 9.96. The standard InChI is InChI=1S/C18H26N2O3/c1-18(17(22)19-14-7-4-2-3-5-8-14)11-10-16(21)20(18)13-15-9-6-12-23-15/h6,9,12,14H,2-5,7-8,10-11,13H2,1H3,(H,19,22). The molecule has 1 aromatic rings. The van der Waals surface area contributed by atoms with Crippen molar-refractivity contribution in [2.45, 2.75) is 76.4 Å². The molecule has 1 saturated heterocycles. The number of rotatable bonds is 4. The van der Waals surface area contributed by atoms with Gasteiger partial charge >= 0.3 is 0 Å². The highest BCUT2D eigenvalue weighted by Crippen LogP contribution is 2.32. The monoisotopic (exact) mass is 318 g/mol. The van der Waals surface area contributed by atoms with Crippen molar-refractivity contribution in [2.24, 2.45) is 0 Å². The predicted octanol–water partition coefficient (Wildman–Crippen LogP) is 3.00. The van der Waals surface area contributed by atoms with Crippen LogP contribution in [0.1, 0.15) is 64.1 Å². The van der Waals surface area contributed by atoms with Crippen molar-refractivity contribution in [3.8, 4) is 0 Å². The predicted molar refractivity (Wildman–Crippen MR) is 86.5 cm³/mol. The van der Waals surface area contributed by atoms with E-state index in [1.807, 2.05) is 13.0 Å². The van der Waals surface area contributed by atoms with Crippen LogP contribution in [0.2, 0.25) is 0 Å². The number of amides is 2. The summed E-state index contributed by atoms with van der Waals surface area (Å²) in [7, 11) is 0. The molecule has 1 saturated carbocycles. The fourth-order valence-corrected chi connectivity index (χ4v) is 3.72. The molecule has 2 amide bonds. The molecule has 5 nitrogen and oxygen atoms in total. The second-order valence-electron chi connectivity index (χ2n) is 7.00. The van der Waals surface area contributed by atoms with Gasteiger partial charge in [-0.2, -0.15) is 0 Å². The topological polar surface area (TPSA) is 62.6 Å². The first-order chi connectivity index (χ1) is 11.1. The maximum atomic E-state index is 12.9. The SMILES string of the molecule is CC1(C(=O)NC2CCCCCC2)CCC(=O)N1Cc1ccco1. The van der Waals surface area contributed by atoms with Gasteiger partial charge in [-0.1, -0.05) is 25.7 Å². The zero-order chi connectivity index (χ0) is 16.3. The van der Waals surface area contributed by atoms with E-state index in [9.17, 15) is 9.59 Å². The zero-order valence-corrected chi connectivity index (χ0v) is 13.8. The number of furan rings is 1. The average molecular weight is 318 g/mol. The lowest BCUT2D eigenvalue weighted by Crippen LogP contribution is -2.56. The first-order valence-electron chi connectivity index (χ1n) is 8.73. The van der Waals surface area contributed by atoms with Crippen molar-refractivity contribution in [2.75, 3.05) is 0 Å². The van der Waals surface area contributed by atoms with Crippen molar-refractivity contribution in [3.63, 3.8) is 0 Å². The molecule has 1 atom stereocenters. The highest BCUT2D eigenvalue weighted by atomic mass is 16.3. The molecule has 0 spiro atoms. The second kappa shape index (κ2) is 6.77. The average Bonchev–Trinajstić information content (AvgIpc) is 3.05. The largest absolute Gasteiger partial charge is 0.467 e. The van der Waals surface area contributed by atoms with Crippen LogP contribution >= 0.6 is 0 Å². The number of nitrogens with one attached hydrogen (secondary N) is 1. The molecule has 2 fully saturated rings. The zero-order valence-electron chi connectivity index (χ0n) is 13.8. The van der Waals surface area contributed by atoms with Crippen LogP contribution in [0.3, 0.4) is 0 Å². The minimum atomic E-state index is -0.768. The Morgan fingerprint density at radius 3 is 2.74 bits per heavy atom. The fourth-order valence-electron chi connectivity index (χ4n) is 3.72. The highest BCUT2D eigenvalue weighted by Gasteiger charge is 2.47. The van der Waals surface area contributed by atoms with Gasteiger partial charge in [0.1, 0.15) is 11.3 Å². The molecule has 2 aliphatic rings. The number of hydrogen-bond donors (Lipinski definition) is 1. The second-order valence-corrected chi connectivity index (χ2v) is 7.00. The van der Waals surface area contributed by atoms with E-state index >= 15 is 0 Å². The first kappa shape index (κ1) is 16.1. The summed E-state index contributed by atoms with van der Waals surface area (Å²) in [5.41, 5.74) is -0.768. The van der Waals surface area contributed by atoms with Crippen LogP contribution in [0.25, 0.3) is 0 Å². The van der Waals surface area contributed by atoms with Crippen LogP contribution in [0.15, 0.2) is 22.8 Å². The molecule has 23 heavy (non-hydrogen) atoms. The smallest absolute Gasteiger partial charge is 0.245 e. The Morgan fingerprint density at radius 1 is 1.35 bits per heavy atom. The molecule has 3 rings (SSSR count). The molecular weight excluding hydrogens is 292 g/mol. The molecular formula is C18H26N2O3. The van der Waals surface area contributed by atoms with Gasteiger partial charge in [-0.05, 0) is 38.3 Å². The summed E-state index contributed by atoms with van der Waals surface area (Å²) in [6, 6.07) is 3.90. The maximum Gasteiger partial charge on any atom is 0.245 e. The van der Waals surface area contributed by atoms with Crippen LogP contribution in [0, 0.1) is 0 Å². The molecule has 126 valence electrons.